The molecule has 3 N–H and O–H groups in total. The molecule has 0 aromatic carbocycles. The largest absolute Gasteiger partial charge is 0.454 e. The highest BCUT2D eigenvalue weighted by molar-refractivity contribution is 5.66. The molecule has 5 rings (SSSR count). The highest BCUT2D eigenvalue weighted by Crippen LogP contribution is 2.67. The molecule has 0 aromatic rings. The molecule has 14 atom stereocenters. The van der Waals surface area contributed by atoms with Crippen LogP contribution >= 0.6 is 0 Å². The Morgan fingerprint density at radius 2 is 1.80 bits per heavy atom. The highest BCUT2D eigenvalue weighted by Gasteiger charge is 2.59. The molecule has 1 aliphatic heterocycles. The minimum absolute atomic E-state index is 0.140. The van der Waals surface area contributed by atoms with Gasteiger partial charge in [-0.15, -0.1) is 0 Å². The lowest BCUT2D eigenvalue weighted by atomic mass is 9.47. The fourth-order valence-corrected chi connectivity index (χ4v) is 11.1. The third-order valence-corrected chi connectivity index (χ3v) is 13.7. The molecule has 7 nitrogen and oxygen atoms in total. The second-order valence-electron chi connectivity index (χ2n) is 16.2. The second-order valence-corrected chi connectivity index (χ2v) is 16.2. The number of aliphatic hydroxyl groups excluding tert-OH is 3. The van der Waals surface area contributed by atoms with Crippen LogP contribution in [0.5, 0.6) is 0 Å². The molecule has 4 aliphatic carbocycles. The Labute approximate surface area is 266 Å². The van der Waals surface area contributed by atoms with Gasteiger partial charge in [0.25, 0.3) is 0 Å². The molecule has 1 saturated heterocycles. The van der Waals surface area contributed by atoms with Gasteiger partial charge in [0.15, 0.2) is 12.4 Å². The lowest BCUT2D eigenvalue weighted by molar-refractivity contribution is -0.315. The molecule has 0 amide bonds. The predicted octanol–water partition coefficient (Wildman–Crippen LogP) is 6.42. The molecular formula is C37H62O7. The van der Waals surface area contributed by atoms with E-state index in [0.29, 0.717) is 11.3 Å². The van der Waals surface area contributed by atoms with Crippen LogP contribution in [-0.4, -0.2) is 64.7 Å². The van der Waals surface area contributed by atoms with Gasteiger partial charge in [0, 0.05) is 6.92 Å². The Bertz CT molecular complexity index is 1030. The van der Waals surface area contributed by atoms with Crippen molar-refractivity contribution in [2.24, 2.45) is 52.3 Å². The van der Waals surface area contributed by atoms with Gasteiger partial charge in [-0.1, -0.05) is 66.0 Å². The van der Waals surface area contributed by atoms with Gasteiger partial charge in [-0.2, -0.15) is 0 Å². The summed E-state index contributed by atoms with van der Waals surface area (Å²) in [5, 5.41) is 30.7. The van der Waals surface area contributed by atoms with Crippen molar-refractivity contribution in [1.82, 2.24) is 0 Å². The quantitative estimate of drug-likeness (QED) is 0.192. The van der Waals surface area contributed by atoms with E-state index in [1.807, 2.05) is 0 Å². The lowest BCUT2D eigenvalue weighted by Crippen LogP contribution is -2.61. The maximum atomic E-state index is 11.8. The molecule has 4 fully saturated rings. The number of fused-ring (bicyclic) bond motifs is 5. The number of rotatable bonds is 10. The Hall–Kier alpha value is -0.990. The van der Waals surface area contributed by atoms with Gasteiger partial charge >= 0.3 is 5.97 Å². The summed E-state index contributed by atoms with van der Waals surface area (Å²) in [6.07, 6.45) is 9.81. The molecule has 2 unspecified atom stereocenters. The zero-order valence-corrected chi connectivity index (χ0v) is 28.5. The second kappa shape index (κ2) is 13.6. The van der Waals surface area contributed by atoms with Crippen molar-refractivity contribution in [3.8, 4) is 0 Å². The molecular weight excluding hydrogens is 556 g/mol. The van der Waals surface area contributed by atoms with Crippen LogP contribution in [0.25, 0.3) is 0 Å². The third-order valence-electron chi connectivity index (χ3n) is 13.7. The Morgan fingerprint density at radius 1 is 1.05 bits per heavy atom. The monoisotopic (exact) mass is 618 g/mol. The van der Waals surface area contributed by atoms with E-state index in [9.17, 15) is 20.1 Å². The summed E-state index contributed by atoms with van der Waals surface area (Å²) in [5.74, 6) is 4.97. The first-order valence-corrected chi connectivity index (χ1v) is 18.0. The van der Waals surface area contributed by atoms with Crippen molar-refractivity contribution in [2.45, 2.75) is 156 Å². The van der Waals surface area contributed by atoms with E-state index in [0.717, 1.165) is 61.2 Å². The van der Waals surface area contributed by atoms with E-state index in [-0.39, 0.29) is 11.5 Å². The van der Waals surface area contributed by atoms with E-state index in [2.05, 4.69) is 47.6 Å². The summed E-state index contributed by atoms with van der Waals surface area (Å²) in [6, 6.07) is 0. The van der Waals surface area contributed by atoms with Gasteiger partial charge in [-0.25, -0.2) is 0 Å². The van der Waals surface area contributed by atoms with Crippen LogP contribution in [0.15, 0.2) is 11.6 Å². The zero-order chi connectivity index (χ0) is 32.0. The Balaban J connectivity index is 1.25. The summed E-state index contributed by atoms with van der Waals surface area (Å²) < 4.78 is 17.6. The summed E-state index contributed by atoms with van der Waals surface area (Å²) in [5.41, 5.74) is 2.12. The van der Waals surface area contributed by atoms with Gasteiger partial charge < -0.3 is 29.5 Å². The van der Waals surface area contributed by atoms with E-state index in [1.54, 1.807) is 0 Å². The zero-order valence-electron chi connectivity index (χ0n) is 28.5. The molecule has 7 heteroatoms. The number of hydrogen-bond donors (Lipinski definition) is 3. The average Bonchev–Trinajstić information content (AvgIpc) is 3.34. The standard InChI is InChI=1S/C37H62O7/c1-8-24(21(2)3)10-9-22(4)28-13-14-29-27-12-11-25-19-26(15-17-36(25,6)30(27)16-18-37(28,29)7)43-35-34(42-23(5)39)33(41)32(40)31(20-38)44-35/h11,21-22,24,26-35,38,40-41H,8-10,12-20H2,1-7H3/t22?,24-,26+,27?,28-,29+,30+,31-,32-,33+,34-,35-,36+,37-/m1/s1. The van der Waals surface area contributed by atoms with Gasteiger partial charge in [0.1, 0.15) is 18.3 Å². The SMILES string of the molecule is CC[C@H](CCC(C)[C@H]1CC[C@H]2C3CC=C4C[C@@H](O[C@@H]5O[C@H](CO)[C@@H](O)[C@H](O)[C@H]5OC(C)=O)CC[C@]4(C)[C@H]3CC[C@]12C)C(C)C. The summed E-state index contributed by atoms with van der Waals surface area (Å²) in [6.45, 7) is 15.7. The minimum Gasteiger partial charge on any atom is -0.454 e. The Morgan fingerprint density at radius 3 is 2.45 bits per heavy atom. The topological polar surface area (TPSA) is 105 Å². The van der Waals surface area contributed by atoms with Crippen molar-refractivity contribution in [1.29, 1.82) is 0 Å². The number of carbonyl (C=O) groups is 1. The van der Waals surface area contributed by atoms with Crippen LogP contribution < -0.4 is 0 Å². The summed E-state index contributed by atoms with van der Waals surface area (Å²) in [4.78, 5) is 11.8. The van der Waals surface area contributed by atoms with Crippen LogP contribution in [-0.2, 0) is 19.0 Å². The maximum absolute atomic E-state index is 11.8. The van der Waals surface area contributed by atoms with E-state index >= 15 is 0 Å². The lowest BCUT2D eigenvalue weighted by Gasteiger charge is -2.58. The van der Waals surface area contributed by atoms with Crippen molar-refractivity contribution in [3.63, 3.8) is 0 Å². The highest BCUT2D eigenvalue weighted by atomic mass is 16.7. The minimum atomic E-state index is -1.39. The van der Waals surface area contributed by atoms with Crippen LogP contribution in [0, 0.1) is 52.3 Å². The number of allylic oxidation sites excluding steroid dienone is 1. The molecule has 0 spiro atoms. The van der Waals surface area contributed by atoms with Crippen molar-refractivity contribution in [3.05, 3.63) is 11.6 Å². The maximum Gasteiger partial charge on any atom is 0.303 e. The fraction of sp³-hybridized carbons (Fsp3) is 0.919. The van der Waals surface area contributed by atoms with E-state index < -0.39 is 43.3 Å². The van der Waals surface area contributed by atoms with Crippen LogP contribution in [0.4, 0.5) is 0 Å². The number of esters is 1. The van der Waals surface area contributed by atoms with Crippen LogP contribution in [0.2, 0.25) is 0 Å². The van der Waals surface area contributed by atoms with E-state index in [1.165, 1.54) is 57.4 Å². The molecule has 44 heavy (non-hydrogen) atoms. The molecule has 0 aromatic heterocycles. The molecule has 5 aliphatic rings. The molecule has 0 radical (unpaired) electrons. The van der Waals surface area contributed by atoms with Crippen molar-refractivity contribution in [2.75, 3.05) is 6.61 Å². The van der Waals surface area contributed by atoms with Gasteiger partial charge in [0.05, 0.1) is 12.7 Å². The smallest absolute Gasteiger partial charge is 0.303 e. The average molecular weight is 619 g/mol. The number of aliphatic hydroxyl groups is 3. The van der Waals surface area contributed by atoms with Crippen molar-refractivity contribution < 1.29 is 34.3 Å². The van der Waals surface area contributed by atoms with Gasteiger partial charge in [0.2, 0.25) is 0 Å². The van der Waals surface area contributed by atoms with Crippen molar-refractivity contribution >= 4 is 5.97 Å². The summed E-state index contributed by atoms with van der Waals surface area (Å²) >= 11 is 0. The first-order valence-electron chi connectivity index (χ1n) is 18.0. The van der Waals surface area contributed by atoms with Crippen LogP contribution in [0.3, 0.4) is 0 Å². The van der Waals surface area contributed by atoms with Gasteiger partial charge in [-0.3, -0.25) is 4.79 Å². The first kappa shape index (κ1) is 34.3. The molecule has 1 heterocycles. The summed E-state index contributed by atoms with van der Waals surface area (Å²) in [7, 11) is 0. The molecule has 3 saturated carbocycles. The van der Waals surface area contributed by atoms with E-state index in [4.69, 9.17) is 14.2 Å². The number of carbonyl (C=O) groups excluding carboxylic acids is 1. The number of ether oxygens (including phenoxy) is 3. The molecule has 0 bridgehead atoms. The first-order chi connectivity index (χ1) is 20.8. The van der Waals surface area contributed by atoms with Crippen LogP contribution in [0.1, 0.15) is 119 Å². The molecule has 252 valence electrons. The van der Waals surface area contributed by atoms with Gasteiger partial charge in [-0.05, 0) is 110 Å². The normalized spacial score (nSPS) is 45.1. The fourth-order valence-electron chi connectivity index (χ4n) is 11.1. The Kier molecular flexibility index (Phi) is 10.6. The third kappa shape index (κ3) is 6.31. The number of hydrogen-bond acceptors (Lipinski definition) is 7. The predicted molar refractivity (Wildman–Crippen MR) is 170 cm³/mol.